The molecule has 2 aromatic heterocycles. The molecule has 1 aliphatic rings. The van der Waals surface area contributed by atoms with Gasteiger partial charge in [0.1, 0.15) is 6.33 Å². The molecule has 0 spiro atoms. The molecule has 1 fully saturated rings. The lowest BCUT2D eigenvalue weighted by atomic mass is 10.5. The average Bonchev–Trinajstić information content (AvgIpc) is 2.91. The lowest BCUT2D eigenvalue weighted by Crippen LogP contribution is -1.97. The Kier molecular flexibility index (Phi) is 1.47. The predicted molar refractivity (Wildman–Crippen MR) is 53.0 cm³/mol. The third-order valence-electron chi connectivity index (χ3n) is 2.37. The van der Waals surface area contributed by atoms with Crippen molar-refractivity contribution in [1.82, 2.24) is 19.5 Å². The summed E-state index contributed by atoms with van der Waals surface area (Å²) in [5.41, 5.74) is 7.02. The lowest BCUT2D eigenvalue weighted by Gasteiger charge is -2.00. The number of nitrogens with zero attached hydrogens (tertiary/aromatic N) is 4. The highest BCUT2D eigenvalue weighted by Crippen LogP contribution is 2.39. The molecular formula is C8H8ClN5. The van der Waals surface area contributed by atoms with E-state index in [2.05, 4.69) is 15.0 Å². The van der Waals surface area contributed by atoms with E-state index in [9.17, 15) is 0 Å². The van der Waals surface area contributed by atoms with E-state index in [1.54, 1.807) is 0 Å². The van der Waals surface area contributed by atoms with Crippen molar-refractivity contribution in [2.75, 3.05) is 5.73 Å². The molecule has 0 aliphatic heterocycles. The predicted octanol–water partition coefficient (Wildman–Crippen LogP) is 1.40. The number of rotatable bonds is 1. The molecular weight excluding hydrogens is 202 g/mol. The van der Waals surface area contributed by atoms with E-state index in [1.807, 2.05) is 4.57 Å². The first-order valence-electron chi connectivity index (χ1n) is 4.41. The second kappa shape index (κ2) is 2.57. The Morgan fingerprint density at radius 1 is 1.43 bits per heavy atom. The molecule has 6 heteroatoms. The van der Waals surface area contributed by atoms with Gasteiger partial charge in [0.05, 0.1) is 0 Å². The molecule has 3 rings (SSSR count). The summed E-state index contributed by atoms with van der Waals surface area (Å²) >= 11 is 6.00. The lowest BCUT2D eigenvalue weighted by molar-refractivity contribution is 0.758. The quantitative estimate of drug-likeness (QED) is 0.721. The van der Waals surface area contributed by atoms with Crippen molar-refractivity contribution < 1.29 is 0 Å². The normalized spacial score (nSPS) is 16.4. The van der Waals surface area contributed by atoms with Gasteiger partial charge in [0.25, 0.3) is 0 Å². The summed E-state index contributed by atoms with van der Waals surface area (Å²) in [6.07, 6.45) is 3.71. The van der Waals surface area contributed by atoms with Crippen LogP contribution < -0.4 is 5.73 Å². The first kappa shape index (κ1) is 7.99. The van der Waals surface area contributed by atoms with Crippen molar-refractivity contribution >= 4 is 28.6 Å². The van der Waals surface area contributed by atoms with Crippen LogP contribution >= 0.6 is 11.6 Å². The third kappa shape index (κ3) is 0.988. The molecule has 0 bridgehead atoms. The van der Waals surface area contributed by atoms with Crippen LogP contribution in [0, 0.1) is 0 Å². The van der Waals surface area contributed by atoms with Crippen molar-refractivity contribution in [2.24, 2.45) is 0 Å². The average molecular weight is 210 g/mol. The zero-order valence-electron chi connectivity index (χ0n) is 7.31. The molecule has 72 valence electrons. The number of halogens is 1. The molecule has 5 nitrogen and oxygen atoms in total. The van der Waals surface area contributed by atoms with Crippen LogP contribution in [0.1, 0.15) is 18.9 Å². The molecule has 0 atom stereocenters. The molecule has 2 N–H and O–H groups in total. The van der Waals surface area contributed by atoms with E-state index in [0.717, 1.165) is 18.5 Å². The summed E-state index contributed by atoms with van der Waals surface area (Å²) in [4.78, 5) is 12.2. The van der Waals surface area contributed by atoms with Gasteiger partial charge in [-0.3, -0.25) is 4.57 Å². The number of fused-ring (bicyclic) bond motifs is 1. The van der Waals surface area contributed by atoms with Crippen LogP contribution in [0.5, 0.6) is 0 Å². The first-order chi connectivity index (χ1) is 6.77. The Morgan fingerprint density at radius 3 is 2.93 bits per heavy atom. The van der Waals surface area contributed by atoms with E-state index in [0.29, 0.717) is 22.7 Å². The van der Waals surface area contributed by atoms with Gasteiger partial charge in [-0.05, 0) is 24.4 Å². The number of imidazole rings is 1. The second-order valence-electron chi connectivity index (χ2n) is 3.41. The number of hydrogen-bond donors (Lipinski definition) is 1. The first-order valence-corrected chi connectivity index (χ1v) is 4.79. The van der Waals surface area contributed by atoms with Gasteiger partial charge >= 0.3 is 0 Å². The van der Waals surface area contributed by atoms with Crippen LogP contribution in [0.15, 0.2) is 6.33 Å². The maximum atomic E-state index is 6.00. The number of nitrogens with two attached hydrogens (primary N) is 1. The molecule has 0 amide bonds. The van der Waals surface area contributed by atoms with Crippen LogP contribution in [-0.2, 0) is 0 Å². The summed E-state index contributed by atoms with van der Waals surface area (Å²) in [6.45, 7) is 0. The zero-order valence-corrected chi connectivity index (χ0v) is 8.07. The fourth-order valence-electron chi connectivity index (χ4n) is 1.56. The standard InChI is InChI=1S/C8H8ClN5/c9-8-13-5-6(10)11-3-12-7(5)14(8)4-1-2-4/h3-4H,1-2H2,(H2,10,11,12). The van der Waals surface area contributed by atoms with Gasteiger partial charge in [-0.25, -0.2) is 15.0 Å². The Labute approximate surface area is 84.9 Å². The largest absolute Gasteiger partial charge is 0.382 e. The maximum Gasteiger partial charge on any atom is 0.205 e. The zero-order chi connectivity index (χ0) is 9.71. The van der Waals surface area contributed by atoms with E-state index >= 15 is 0 Å². The second-order valence-corrected chi connectivity index (χ2v) is 3.75. The van der Waals surface area contributed by atoms with Gasteiger partial charge in [-0.2, -0.15) is 0 Å². The summed E-state index contributed by atoms with van der Waals surface area (Å²) in [7, 11) is 0. The SMILES string of the molecule is Nc1ncnc2c1nc(Cl)n2C1CC1. The molecule has 0 aromatic carbocycles. The third-order valence-corrected chi connectivity index (χ3v) is 2.64. The highest BCUT2D eigenvalue weighted by atomic mass is 35.5. The Balaban J connectivity index is 2.37. The number of anilines is 1. The Morgan fingerprint density at radius 2 is 2.21 bits per heavy atom. The summed E-state index contributed by atoms with van der Waals surface area (Å²) < 4.78 is 1.93. The molecule has 1 aliphatic carbocycles. The van der Waals surface area contributed by atoms with Crippen LogP contribution in [-0.4, -0.2) is 19.5 Å². The van der Waals surface area contributed by atoms with Crippen molar-refractivity contribution in [3.63, 3.8) is 0 Å². The topological polar surface area (TPSA) is 69.6 Å². The highest BCUT2D eigenvalue weighted by Gasteiger charge is 2.28. The van der Waals surface area contributed by atoms with E-state index in [1.165, 1.54) is 6.33 Å². The summed E-state index contributed by atoms with van der Waals surface area (Å²) in [5.74, 6) is 0.385. The minimum Gasteiger partial charge on any atom is -0.382 e. The number of aromatic nitrogens is 4. The van der Waals surface area contributed by atoms with Gasteiger partial charge in [-0.15, -0.1) is 0 Å². The van der Waals surface area contributed by atoms with Gasteiger partial charge in [-0.1, -0.05) is 0 Å². The highest BCUT2D eigenvalue weighted by molar-refractivity contribution is 6.29. The molecule has 0 saturated heterocycles. The van der Waals surface area contributed by atoms with Gasteiger partial charge in [0.15, 0.2) is 17.0 Å². The Bertz CT molecular complexity index is 502. The van der Waals surface area contributed by atoms with Gasteiger partial charge in [0.2, 0.25) is 5.28 Å². The smallest absolute Gasteiger partial charge is 0.205 e. The van der Waals surface area contributed by atoms with Crippen molar-refractivity contribution in [1.29, 1.82) is 0 Å². The molecule has 1 saturated carbocycles. The number of nitrogen functional groups attached to an aromatic ring is 1. The molecule has 0 unspecified atom stereocenters. The van der Waals surface area contributed by atoms with Crippen molar-refractivity contribution in [2.45, 2.75) is 18.9 Å². The van der Waals surface area contributed by atoms with Crippen LogP contribution in [0.4, 0.5) is 5.82 Å². The minimum absolute atomic E-state index is 0.385. The van der Waals surface area contributed by atoms with E-state index in [-0.39, 0.29) is 0 Å². The maximum absolute atomic E-state index is 6.00. The van der Waals surface area contributed by atoms with Crippen LogP contribution in [0.3, 0.4) is 0 Å². The van der Waals surface area contributed by atoms with Gasteiger partial charge in [0, 0.05) is 6.04 Å². The van der Waals surface area contributed by atoms with E-state index in [4.69, 9.17) is 17.3 Å². The fraction of sp³-hybridized carbons (Fsp3) is 0.375. The Hall–Kier alpha value is -1.36. The van der Waals surface area contributed by atoms with Crippen LogP contribution in [0.25, 0.3) is 11.2 Å². The molecule has 2 heterocycles. The fourth-order valence-corrected chi connectivity index (χ4v) is 1.86. The number of hydrogen-bond acceptors (Lipinski definition) is 4. The van der Waals surface area contributed by atoms with Crippen molar-refractivity contribution in [3.05, 3.63) is 11.6 Å². The summed E-state index contributed by atoms with van der Waals surface area (Å²) in [5, 5.41) is 0.453. The molecule has 2 aromatic rings. The van der Waals surface area contributed by atoms with E-state index < -0.39 is 0 Å². The molecule has 14 heavy (non-hydrogen) atoms. The van der Waals surface area contributed by atoms with Crippen LogP contribution in [0.2, 0.25) is 5.28 Å². The van der Waals surface area contributed by atoms with Crippen molar-refractivity contribution in [3.8, 4) is 0 Å². The minimum atomic E-state index is 0.385. The van der Waals surface area contributed by atoms with Gasteiger partial charge < -0.3 is 5.73 Å². The molecule has 0 radical (unpaired) electrons. The monoisotopic (exact) mass is 209 g/mol. The summed E-state index contributed by atoms with van der Waals surface area (Å²) in [6, 6.07) is 0.446.